The normalized spacial score (nSPS) is 13.4. The minimum atomic E-state index is -3.34. The molecule has 7 heteroatoms. The van der Waals surface area contributed by atoms with Crippen LogP contribution in [0.3, 0.4) is 0 Å². The summed E-state index contributed by atoms with van der Waals surface area (Å²) in [7, 11) is -3.34. The van der Waals surface area contributed by atoms with Crippen LogP contribution in [-0.2, 0) is 19.4 Å². The van der Waals surface area contributed by atoms with Gasteiger partial charge in [0.05, 0.1) is 10.5 Å². The summed E-state index contributed by atoms with van der Waals surface area (Å²) >= 11 is 0. The van der Waals surface area contributed by atoms with Gasteiger partial charge in [-0.1, -0.05) is 37.3 Å². The summed E-state index contributed by atoms with van der Waals surface area (Å²) in [5.74, 6) is -0.884. The SMILES string of the molecule is CC[C@@H](CNC(=O)[C@@H](C)OC(=O)c1ccc(S(C)(=O)=O)cc1)c1ccccc1. The van der Waals surface area contributed by atoms with Crippen LogP contribution in [0, 0.1) is 0 Å². The smallest absolute Gasteiger partial charge is 0.338 e. The molecule has 0 saturated carbocycles. The predicted octanol–water partition coefficient (Wildman–Crippen LogP) is 2.95. The molecule has 0 radical (unpaired) electrons. The standard InChI is InChI=1S/C21H25NO5S/c1-4-16(17-8-6-5-7-9-17)14-22-20(23)15(2)27-21(24)18-10-12-19(13-11-18)28(3,25)26/h5-13,15-16H,4,14H2,1-3H3,(H,22,23)/t15-,16+/m1/s1. The van der Waals surface area contributed by atoms with Gasteiger partial charge >= 0.3 is 5.97 Å². The third-order valence-electron chi connectivity index (χ3n) is 4.46. The van der Waals surface area contributed by atoms with E-state index in [4.69, 9.17) is 4.74 Å². The number of rotatable bonds is 8. The molecule has 0 bridgehead atoms. The Morgan fingerprint density at radius 3 is 2.18 bits per heavy atom. The summed E-state index contributed by atoms with van der Waals surface area (Å²) in [6.45, 7) is 4.00. The van der Waals surface area contributed by atoms with E-state index in [1.807, 2.05) is 37.3 Å². The fourth-order valence-electron chi connectivity index (χ4n) is 2.71. The van der Waals surface area contributed by atoms with E-state index < -0.39 is 21.9 Å². The maximum Gasteiger partial charge on any atom is 0.338 e. The highest BCUT2D eigenvalue weighted by atomic mass is 32.2. The molecule has 0 spiro atoms. The highest BCUT2D eigenvalue weighted by Gasteiger charge is 2.20. The molecule has 0 aliphatic rings. The van der Waals surface area contributed by atoms with Crippen LogP contribution in [0.15, 0.2) is 59.5 Å². The van der Waals surface area contributed by atoms with E-state index in [0.29, 0.717) is 6.54 Å². The summed E-state index contributed by atoms with van der Waals surface area (Å²) in [6.07, 6.45) is 0.993. The fraction of sp³-hybridized carbons (Fsp3) is 0.333. The molecule has 150 valence electrons. The average molecular weight is 404 g/mol. The highest BCUT2D eigenvalue weighted by molar-refractivity contribution is 7.90. The largest absolute Gasteiger partial charge is 0.449 e. The van der Waals surface area contributed by atoms with Crippen molar-refractivity contribution in [3.05, 3.63) is 65.7 Å². The van der Waals surface area contributed by atoms with Gasteiger partial charge in [-0.25, -0.2) is 13.2 Å². The monoisotopic (exact) mass is 403 g/mol. The topological polar surface area (TPSA) is 89.5 Å². The Labute approximate surface area is 165 Å². The van der Waals surface area contributed by atoms with Crippen LogP contribution in [-0.4, -0.2) is 39.2 Å². The van der Waals surface area contributed by atoms with Crippen LogP contribution < -0.4 is 5.32 Å². The molecule has 0 unspecified atom stereocenters. The molecule has 1 N–H and O–H groups in total. The molecule has 2 aromatic rings. The van der Waals surface area contributed by atoms with Crippen LogP contribution >= 0.6 is 0 Å². The molecule has 0 aromatic heterocycles. The van der Waals surface area contributed by atoms with Gasteiger partial charge in [-0.05, 0) is 43.2 Å². The van der Waals surface area contributed by atoms with Gasteiger partial charge in [0.25, 0.3) is 5.91 Å². The number of amides is 1. The van der Waals surface area contributed by atoms with Crippen molar-refractivity contribution < 1.29 is 22.7 Å². The van der Waals surface area contributed by atoms with E-state index in [1.165, 1.54) is 31.2 Å². The van der Waals surface area contributed by atoms with E-state index >= 15 is 0 Å². The van der Waals surface area contributed by atoms with Crippen molar-refractivity contribution in [1.29, 1.82) is 0 Å². The van der Waals surface area contributed by atoms with Crippen molar-refractivity contribution in [2.24, 2.45) is 0 Å². The molecule has 0 aliphatic heterocycles. The maximum atomic E-state index is 12.3. The van der Waals surface area contributed by atoms with Gasteiger partial charge in [-0.15, -0.1) is 0 Å². The number of carbonyl (C=O) groups is 2. The van der Waals surface area contributed by atoms with Crippen molar-refractivity contribution in [3.8, 4) is 0 Å². The Bertz CT molecular complexity index is 908. The lowest BCUT2D eigenvalue weighted by molar-refractivity contribution is -0.129. The number of benzene rings is 2. The summed E-state index contributed by atoms with van der Waals surface area (Å²) in [4.78, 5) is 24.6. The number of esters is 1. The Kier molecular flexibility index (Phi) is 7.34. The lowest BCUT2D eigenvalue weighted by Crippen LogP contribution is -2.38. The minimum absolute atomic E-state index is 0.112. The number of carbonyl (C=O) groups excluding carboxylic acids is 2. The number of hydrogen-bond donors (Lipinski definition) is 1. The van der Waals surface area contributed by atoms with Gasteiger partial charge in [-0.2, -0.15) is 0 Å². The number of hydrogen-bond acceptors (Lipinski definition) is 5. The van der Waals surface area contributed by atoms with Gasteiger partial charge in [0, 0.05) is 18.7 Å². The third-order valence-corrected chi connectivity index (χ3v) is 5.59. The summed E-state index contributed by atoms with van der Waals surface area (Å²) < 4.78 is 28.1. The molecule has 0 fully saturated rings. The Morgan fingerprint density at radius 1 is 1.04 bits per heavy atom. The summed E-state index contributed by atoms with van der Waals surface area (Å²) in [5, 5.41) is 2.82. The zero-order valence-electron chi connectivity index (χ0n) is 16.2. The Balaban J connectivity index is 1.91. The van der Waals surface area contributed by atoms with Crippen LogP contribution in [0.4, 0.5) is 0 Å². The molecule has 2 atom stereocenters. The first-order valence-corrected chi connectivity index (χ1v) is 10.9. The highest BCUT2D eigenvalue weighted by Crippen LogP contribution is 2.18. The lowest BCUT2D eigenvalue weighted by atomic mass is 9.96. The molecule has 0 heterocycles. The molecule has 6 nitrogen and oxygen atoms in total. The molecule has 2 aromatic carbocycles. The van der Waals surface area contributed by atoms with E-state index in [-0.39, 0.29) is 22.3 Å². The van der Waals surface area contributed by atoms with E-state index in [1.54, 1.807) is 0 Å². The Morgan fingerprint density at radius 2 is 1.64 bits per heavy atom. The number of sulfone groups is 1. The molecule has 28 heavy (non-hydrogen) atoms. The van der Waals surface area contributed by atoms with Gasteiger partial charge < -0.3 is 10.1 Å². The minimum Gasteiger partial charge on any atom is -0.449 e. The van der Waals surface area contributed by atoms with Crippen LogP contribution in [0.1, 0.15) is 42.1 Å². The Hall–Kier alpha value is -2.67. The van der Waals surface area contributed by atoms with Crippen molar-refractivity contribution >= 4 is 21.7 Å². The number of nitrogens with one attached hydrogen (secondary N) is 1. The molecule has 0 aliphatic carbocycles. The molecule has 0 saturated heterocycles. The van der Waals surface area contributed by atoms with Crippen LogP contribution in [0.25, 0.3) is 0 Å². The molecule has 2 rings (SSSR count). The lowest BCUT2D eigenvalue weighted by Gasteiger charge is -2.18. The van der Waals surface area contributed by atoms with Gasteiger partial charge in [0.15, 0.2) is 15.9 Å². The van der Waals surface area contributed by atoms with Crippen LogP contribution in [0.2, 0.25) is 0 Å². The summed E-state index contributed by atoms with van der Waals surface area (Å²) in [6, 6.07) is 15.3. The van der Waals surface area contributed by atoms with Crippen molar-refractivity contribution in [2.45, 2.75) is 37.2 Å². The van der Waals surface area contributed by atoms with Gasteiger partial charge in [0.2, 0.25) is 0 Å². The molecular formula is C21H25NO5S. The zero-order valence-corrected chi connectivity index (χ0v) is 17.0. The maximum absolute atomic E-state index is 12.3. The van der Waals surface area contributed by atoms with Crippen LogP contribution in [0.5, 0.6) is 0 Å². The predicted molar refractivity (Wildman–Crippen MR) is 107 cm³/mol. The first-order valence-electron chi connectivity index (χ1n) is 9.06. The van der Waals surface area contributed by atoms with E-state index in [0.717, 1.165) is 18.2 Å². The first-order chi connectivity index (χ1) is 13.2. The second-order valence-electron chi connectivity index (χ2n) is 6.61. The zero-order chi connectivity index (χ0) is 20.7. The molecule has 1 amide bonds. The van der Waals surface area contributed by atoms with E-state index in [2.05, 4.69) is 5.32 Å². The number of ether oxygens (including phenoxy) is 1. The average Bonchev–Trinajstić information content (AvgIpc) is 2.68. The quantitative estimate of drug-likeness (QED) is 0.685. The third kappa shape index (κ3) is 5.92. The van der Waals surface area contributed by atoms with Crippen molar-refractivity contribution in [1.82, 2.24) is 5.32 Å². The fourth-order valence-corrected chi connectivity index (χ4v) is 3.34. The van der Waals surface area contributed by atoms with E-state index in [9.17, 15) is 18.0 Å². The van der Waals surface area contributed by atoms with Gasteiger partial charge in [-0.3, -0.25) is 4.79 Å². The second kappa shape index (κ2) is 9.50. The first kappa shape index (κ1) is 21.6. The van der Waals surface area contributed by atoms with Gasteiger partial charge in [0.1, 0.15) is 0 Å². The summed E-state index contributed by atoms with van der Waals surface area (Å²) in [5.41, 5.74) is 1.32. The molecular weight excluding hydrogens is 378 g/mol. The second-order valence-corrected chi connectivity index (χ2v) is 8.62. The van der Waals surface area contributed by atoms with Crippen molar-refractivity contribution in [2.75, 3.05) is 12.8 Å². The van der Waals surface area contributed by atoms with Crippen molar-refractivity contribution in [3.63, 3.8) is 0 Å².